The normalized spacial score (nSPS) is 11.5. The molecule has 1 atom stereocenters. The second-order valence-electron chi connectivity index (χ2n) is 3.14. The highest BCUT2D eigenvalue weighted by atomic mass is 32.2. The van der Waals surface area contributed by atoms with Crippen LogP contribution in [0.1, 0.15) is 29.6 Å². The summed E-state index contributed by atoms with van der Waals surface area (Å²) in [5.74, 6) is -0.0644. The third-order valence-electron chi connectivity index (χ3n) is 1.50. The average Bonchev–Trinajstić information content (AvgIpc) is 2.76. The molecule has 1 rings (SSSR count). The highest BCUT2D eigenvalue weighted by molar-refractivity contribution is 7.87. The summed E-state index contributed by atoms with van der Waals surface area (Å²) < 4.78 is 11.9. The van der Waals surface area contributed by atoms with Gasteiger partial charge in [-0.2, -0.15) is 0 Å². The first-order valence-electron chi connectivity index (χ1n) is 5.16. The summed E-state index contributed by atoms with van der Waals surface area (Å²) in [6.45, 7) is 2.02. The number of hydrogen-bond donors (Lipinski definition) is 2. The highest BCUT2D eigenvalue weighted by Crippen LogP contribution is 2.14. The van der Waals surface area contributed by atoms with Crippen molar-refractivity contribution >= 4 is 28.0 Å². The summed E-state index contributed by atoms with van der Waals surface area (Å²) in [7, 11) is 2.61. The molecule has 0 fully saturated rings. The summed E-state index contributed by atoms with van der Waals surface area (Å²) in [6.07, 6.45) is 1.85. The number of amides is 1. The fourth-order valence-corrected chi connectivity index (χ4v) is 2.91. The van der Waals surface area contributed by atoms with Crippen molar-refractivity contribution in [3.05, 3.63) is 5.01 Å². The summed E-state index contributed by atoms with van der Waals surface area (Å²) in [5.41, 5.74) is 5.00. The molecule has 0 radical (unpaired) electrons. The summed E-state index contributed by atoms with van der Waals surface area (Å²) >= 11 is 1.00. The van der Waals surface area contributed by atoms with Crippen molar-refractivity contribution in [2.24, 2.45) is 5.73 Å². The van der Waals surface area contributed by atoms with Gasteiger partial charge in [-0.15, -0.1) is 10.2 Å². The van der Waals surface area contributed by atoms with Crippen molar-refractivity contribution in [1.82, 2.24) is 15.5 Å². The Bertz CT molecular complexity index is 368. The number of hydrogen-bond acceptors (Lipinski definition) is 6. The molecule has 8 heteroatoms. The fourth-order valence-electron chi connectivity index (χ4n) is 0.764. The van der Waals surface area contributed by atoms with E-state index in [0.29, 0.717) is 10.1 Å². The predicted octanol–water partition coefficient (Wildman–Crippen LogP) is 0.380. The molecule has 0 bridgehead atoms. The largest absolute Gasteiger partial charge is 0.363 e. The smallest absolute Gasteiger partial charge is 0.279 e. The van der Waals surface area contributed by atoms with Crippen molar-refractivity contribution in [3.63, 3.8) is 0 Å². The lowest BCUT2D eigenvalue weighted by atomic mass is 10.4. The number of nitrogens with one attached hydrogen (secondary N) is 1. The molecule has 98 valence electrons. The highest BCUT2D eigenvalue weighted by Gasteiger charge is 2.13. The van der Waals surface area contributed by atoms with Gasteiger partial charge in [0, 0.05) is 5.75 Å². The Balaban J connectivity index is 0.000000770. The number of unbranched alkanes of at least 4 members (excludes halogenated alkanes) is 1. The van der Waals surface area contributed by atoms with Crippen molar-refractivity contribution in [2.45, 2.75) is 24.1 Å². The van der Waals surface area contributed by atoms with Gasteiger partial charge in [-0.05, 0) is 20.5 Å². The van der Waals surface area contributed by atoms with Gasteiger partial charge >= 0.3 is 0 Å². The molecule has 1 amide bonds. The van der Waals surface area contributed by atoms with E-state index in [1.807, 2.05) is 21.0 Å². The Morgan fingerprint density at radius 1 is 1.47 bits per heavy atom. The number of carbonyl (C=O) groups excluding carboxylic acids is 1. The van der Waals surface area contributed by atoms with Gasteiger partial charge in [-0.25, -0.2) is 0 Å². The van der Waals surface area contributed by atoms with Crippen LogP contribution in [0.25, 0.3) is 0 Å². The van der Waals surface area contributed by atoms with E-state index in [1.54, 1.807) is 0 Å². The van der Waals surface area contributed by atoms with Crippen LogP contribution in [-0.4, -0.2) is 40.2 Å². The van der Waals surface area contributed by atoms with E-state index in [9.17, 15) is 9.00 Å². The topological polar surface area (TPSA) is 98.0 Å². The maximum absolute atomic E-state index is 11.5. The zero-order valence-corrected chi connectivity index (χ0v) is 11.9. The number of nitrogens with two attached hydrogens (primary N) is 1. The summed E-state index contributed by atoms with van der Waals surface area (Å²) in [5, 5.41) is 10.1. The van der Waals surface area contributed by atoms with Crippen molar-refractivity contribution < 1.29 is 9.00 Å². The maximum atomic E-state index is 11.5. The number of primary amides is 1. The van der Waals surface area contributed by atoms with Gasteiger partial charge < -0.3 is 11.1 Å². The van der Waals surface area contributed by atoms with Crippen molar-refractivity contribution in [3.8, 4) is 0 Å². The van der Waals surface area contributed by atoms with Gasteiger partial charge in [0.15, 0.2) is 0 Å². The number of carbonyl (C=O) groups is 1. The molecule has 6 nitrogen and oxygen atoms in total. The van der Waals surface area contributed by atoms with Crippen LogP contribution in [0.15, 0.2) is 4.34 Å². The minimum atomic E-state index is -1.14. The molecule has 0 aliphatic carbocycles. The minimum absolute atomic E-state index is 0.116. The molecule has 0 spiro atoms. The standard InChI is InChI=1S/C7H11N3O2S2.C2H7N/c1-2-3-4-14(12)7-10-9-6(13-7)5(8)11;1-3-2/h2-4H2,1H3,(H2,8,11);3H,1-2H3. The van der Waals surface area contributed by atoms with Crippen LogP contribution in [0, 0.1) is 0 Å². The molecule has 0 aromatic carbocycles. The lowest BCUT2D eigenvalue weighted by Crippen LogP contribution is -2.10. The monoisotopic (exact) mass is 278 g/mol. The Kier molecular flexibility index (Phi) is 8.73. The molecule has 0 saturated heterocycles. The molecule has 0 saturated carbocycles. The van der Waals surface area contributed by atoms with Crippen LogP contribution >= 0.6 is 11.3 Å². The molecule has 3 N–H and O–H groups in total. The average molecular weight is 278 g/mol. The van der Waals surface area contributed by atoms with Gasteiger partial charge in [-0.3, -0.25) is 9.00 Å². The van der Waals surface area contributed by atoms with Crippen molar-refractivity contribution in [1.29, 1.82) is 0 Å². The molecule has 1 heterocycles. The van der Waals surface area contributed by atoms with Gasteiger partial charge in [0.25, 0.3) is 5.91 Å². The second kappa shape index (κ2) is 9.20. The third kappa shape index (κ3) is 6.44. The first-order valence-corrected chi connectivity index (χ1v) is 7.30. The molecular formula is C9H18N4O2S2. The maximum Gasteiger partial charge on any atom is 0.279 e. The van der Waals surface area contributed by atoms with Crippen LogP contribution in [0.2, 0.25) is 0 Å². The van der Waals surface area contributed by atoms with E-state index in [2.05, 4.69) is 15.5 Å². The van der Waals surface area contributed by atoms with E-state index in [-0.39, 0.29) is 5.01 Å². The van der Waals surface area contributed by atoms with E-state index >= 15 is 0 Å². The Hall–Kier alpha value is -0.860. The first-order chi connectivity index (χ1) is 8.06. The van der Waals surface area contributed by atoms with Gasteiger partial charge in [0.1, 0.15) is 0 Å². The molecule has 1 unspecified atom stereocenters. The van der Waals surface area contributed by atoms with E-state index < -0.39 is 16.7 Å². The number of rotatable bonds is 5. The zero-order chi connectivity index (χ0) is 13.3. The Morgan fingerprint density at radius 2 is 2.06 bits per heavy atom. The van der Waals surface area contributed by atoms with Gasteiger partial charge in [0.05, 0.1) is 10.8 Å². The second-order valence-corrected chi connectivity index (χ2v) is 5.86. The lowest BCUT2D eigenvalue weighted by molar-refractivity contribution is 0.0999. The molecule has 1 aromatic heterocycles. The molecule has 1 aromatic rings. The lowest BCUT2D eigenvalue weighted by Gasteiger charge is -1.93. The number of nitrogens with zero attached hydrogens (tertiary/aromatic N) is 2. The van der Waals surface area contributed by atoms with Crippen LogP contribution in [0.5, 0.6) is 0 Å². The molecule has 0 aliphatic heterocycles. The molecule has 17 heavy (non-hydrogen) atoms. The minimum Gasteiger partial charge on any atom is -0.363 e. The van der Waals surface area contributed by atoms with Gasteiger partial charge in [0.2, 0.25) is 9.35 Å². The van der Waals surface area contributed by atoms with E-state index in [0.717, 1.165) is 24.2 Å². The first kappa shape index (κ1) is 16.1. The van der Waals surface area contributed by atoms with Crippen LogP contribution in [0.4, 0.5) is 0 Å². The Labute approximate surface area is 107 Å². The van der Waals surface area contributed by atoms with Crippen molar-refractivity contribution in [2.75, 3.05) is 19.8 Å². The Morgan fingerprint density at radius 3 is 2.47 bits per heavy atom. The van der Waals surface area contributed by atoms with Crippen LogP contribution < -0.4 is 11.1 Å². The van der Waals surface area contributed by atoms with Crippen LogP contribution in [-0.2, 0) is 10.8 Å². The summed E-state index contributed by atoms with van der Waals surface area (Å²) in [4.78, 5) is 10.7. The molecule has 0 aliphatic rings. The molecular weight excluding hydrogens is 260 g/mol. The quantitative estimate of drug-likeness (QED) is 0.811. The third-order valence-corrected chi connectivity index (χ3v) is 4.17. The fraction of sp³-hybridized carbons (Fsp3) is 0.667. The predicted molar refractivity (Wildman–Crippen MR) is 69.6 cm³/mol. The van der Waals surface area contributed by atoms with Gasteiger partial charge in [-0.1, -0.05) is 24.7 Å². The van der Waals surface area contributed by atoms with E-state index in [4.69, 9.17) is 5.73 Å². The zero-order valence-electron chi connectivity index (χ0n) is 10.2. The SMILES string of the molecule is CCCCS(=O)c1nnc(C(N)=O)s1.CNC. The van der Waals surface area contributed by atoms with Crippen LogP contribution in [0.3, 0.4) is 0 Å². The summed E-state index contributed by atoms with van der Waals surface area (Å²) in [6, 6.07) is 0. The van der Waals surface area contributed by atoms with E-state index in [1.165, 1.54) is 0 Å². The number of aromatic nitrogens is 2.